The fourth-order valence-electron chi connectivity index (χ4n) is 2.21. The van der Waals surface area contributed by atoms with Gasteiger partial charge in [0.15, 0.2) is 0 Å². The molecule has 0 fully saturated rings. The highest BCUT2D eigenvalue weighted by molar-refractivity contribution is 5.99. The molecule has 0 aliphatic heterocycles. The standard InChI is InChI=1S/C19H19FN2O2/c1-3-18(23)22-16-7-5-14(6-8-16)19(24)21-11-10-15-12-13(2)4-9-17(15)20/h3-9,12H,1,10-11H2,2H3,(H,21,24)(H,22,23). The Morgan fingerprint density at radius 3 is 2.54 bits per heavy atom. The van der Waals surface area contributed by atoms with E-state index in [1.165, 1.54) is 12.1 Å². The van der Waals surface area contributed by atoms with E-state index >= 15 is 0 Å². The number of benzene rings is 2. The molecule has 0 aliphatic carbocycles. The van der Waals surface area contributed by atoms with Crippen molar-refractivity contribution in [2.24, 2.45) is 0 Å². The van der Waals surface area contributed by atoms with Crippen LogP contribution >= 0.6 is 0 Å². The number of anilines is 1. The minimum Gasteiger partial charge on any atom is -0.352 e. The number of carbonyl (C=O) groups is 2. The number of rotatable bonds is 6. The van der Waals surface area contributed by atoms with Crippen molar-refractivity contribution < 1.29 is 14.0 Å². The van der Waals surface area contributed by atoms with Crippen LogP contribution in [0.5, 0.6) is 0 Å². The molecule has 0 spiro atoms. The van der Waals surface area contributed by atoms with Crippen molar-refractivity contribution in [3.63, 3.8) is 0 Å². The highest BCUT2D eigenvalue weighted by Gasteiger charge is 2.07. The van der Waals surface area contributed by atoms with Crippen LogP contribution in [-0.4, -0.2) is 18.4 Å². The molecule has 0 aliphatic rings. The summed E-state index contributed by atoms with van der Waals surface area (Å²) in [6.07, 6.45) is 1.60. The van der Waals surface area contributed by atoms with Gasteiger partial charge in [-0.25, -0.2) is 4.39 Å². The van der Waals surface area contributed by atoms with Crippen molar-refractivity contribution in [1.29, 1.82) is 0 Å². The molecule has 2 aromatic rings. The average molecular weight is 326 g/mol. The fraction of sp³-hybridized carbons (Fsp3) is 0.158. The van der Waals surface area contributed by atoms with Crippen LogP contribution in [0.15, 0.2) is 55.1 Å². The quantitative estimate of drug-likeness (QED) is 0.801. The maximum Gasteiger partial charge on any atom is 0.251 e. The number of aryl methyl sites for hydroxylation is 1. The summed E-state index contributed by atoms with van der Waals surface area (Å²) in [5.41, 5.74) is 2.61. The zero-order valence-corrected chi connectivity index (χ0v) is 13.4. The molecule has 0 bridgehead atoms. The number of halogens is 1. The summed E-state index contributed by atoms with van der Waals surface area (Å²) in [7, 11) is 0. The van der Waals surface area contributed by atoms with Crippen LogP contribution in [-0.2, 0) is 11.2 Å². The van der Waals surface area contributed by atoms with Crippen LogP contribution in [0.25, 0.3) is 0 Å². The molecule has 0 aromatic heterocycles. The van der Waals surface area contributed by atoms with Gasteiger partial charge in [0.2, 0.25) is 5.91 Å². The van der Waals surface area contributed by atoms with Gasteiger partial charge in [0, 0.05) is 17.8 Å². The van der Waals surface area contributed by atoms with Crippen molar-refractivity contribution in [3.05, 3.63) is 77.6 Å². The molecule has 2 aromatic carbocycles. The molecule has 5 heteroatoms. The third-order valence-corrected chi connectivity index (χ3v) is 3.48. The summed E-state index contributed by atoms with van der Waals surface area (Å²) in [4.78, 5) is 23.3. The van der Waals surface area contributed by atoms with Gasteiger partial charge in [0.25, 0.3) is 5.91 Å². The van der Waals surface area contributed by atoms with E-state index in [4.69, 9.17) is 0 Å². The van der Waals surface area contributed by atoms with Gasteiger partial charge in [-0.15, -0.1) is 0 Å². The Morgan fingerprint density at radius 1 is 1.17 bits per heavy atom. The third kappa shape index (κ3) is 4.78. The van der Waals surface area contributed by atoms with Crippen LogP contribution in [0.4, 0.5) is 10.1 Å². The minimum absolute atomic E-state index is 0.246. The predicted octanol–water partition coefficient (Wildman–Crippen LogP) is 3.23. The molecule has 0 radical (unpaired) electrons. The second-order valence-corrected chi connectivity index (χ2v) is 5.37. The zero-order chi connectivity index (χ0) is 17.5. The Bertz CT molecular complexity index is 754. The molecule has 0 heterocycles. The smallest absolute Gasteiger partial charge is 0.251 e. The van der Waals surface area contributed by atoms with E-state index in [9.17, 15) is 14.0 Å². The normalized spacial score (nSPS) is 10.1. The SMILES string of the molecule is C=CC(=O)Nc1ccc(C(=O)NCCc2cc(C)ccc2F)cc1. The Labute approximate surface area is 140 Å². The van der Waals surface area contributed by atoms with Gasteiger partial charge in [-0.1, -0.05) is 24.3 Å². The van der Waals surface area contributed by atoms with Crippen molar-refractivity contribution in [2.75, 3.05) is 11.9 Å². The Hall–Kier alpha value is -2.95. The largest absolute Gasteiger partial charge is 0.352 e. The average Bonchev–Trinajstić information content (AvgIpc) is 2.58. The van der Waals surface area contributed by atoms with Crippen LogP contribution < -0.4 is 10.6 Å². The minimum atomic E-state index is -0.313. The lowest BCUT2D eigenvalue weighted by atomic mass is 10.1. The second kappa shape index (κ2) is 8.06. The van der Waals surface area contributed by atoms with Gasteiger partial charge in [-0.05, 0) is 55.3 Å². The molecule has 124 valence electrons. The van der Waals surface area contributed by atoms with E-state index in [1.807, 2.05) is 6.92 Å². The summed E-state index contributed by atoms with van der Waals surface area (Å²) < 4.78 is 13.6. The molecule has 0 unspecified atom stereocenters. The van der Waals surface area contributed by atoms with Gasteiger partial charge < -0.3 is 10.6 Å². The lowest BCUT2D eigenvalue weighted by Crippen LogP contribution is -2.25. The molecule has 24 heavy (non-hydrogen) atoms. The molecule has 0 atom stereocenters. The third-order valence-electron chi connectivity index (χ3n) is 3.48. The highest BCUT2D eigenvalue weighted by atomic mass is 19.1. The summed E-state index contributed by atoms with van der Waals surface area (Å²) >= 11 is 0. The predicted molar refractivity (Wildman–Crippen MR) is 92.4 cm³/mol. The van der Waals surface area contributed by atoms with Gasteiger partial charge in [0.1, 0.15) is 5.82 Å². The molecular weight excluding hydrogens is 307 g/mol. The van der Waals surface area contributed by atoms with E-state index in [1.54, 1.807) is 36.4 Å². The monoisotopic (exact) mass is 326 g/mol. The Balaban J connectivity index is 1.89. The molecule has 4 nitrogen and oxygen atoms in total. The molecule has 2 N–H and O–H groups in total. The van der Waals surface area contributed by atoms with E-state index in [0.717, 1.165) is 5.56 Å². The summed E-state index contributed by atoms with van der Waals surface area (Å²) in [6, 6.07) is 11.4. The van der Waals surface area contributed by atoms with Gasteiger partial charge in [-0.2, -0.15) is 0 Å². The topological polar surface area (TPSA) is 58.2 Å². The van der Waals surface area contributed by atoms with Crippen molar-refractivity contribution in [3.8, 4) is 0 Å². The first-order valence-corrected chi connectivity index (χ1v) is 7.56. The number of hydrogen-bond acceptors (Lipinski definition) is 2. The number of amides is 2. The lowest BCUT2D eigenvalue weighted by molar-refractivity contribution is -0.111. The maximum absolute atomic E-state index is 13.6. The Morgan fingerprint density at radius 2 is 1.88 bits per heavy atom. The molecule has 2 rings (SSSR count). The summed E-state index contributed by atoms with van der Waals surface area (Å²) in [5.74, 6) is -0.825. The number of nitrogens with one attached hydrogen (secondary N) is 2. The van der Waals surface area contributed by atoms with E-state index in [2.05, 4.69) is 17.2 Å². The second-order valence-electron chi connectivity index (χ2n) is 5.37. The molecule has 2 amide bonds. The fourth-order valence-corrected chi connectivity index (χ4v) is 2.21. The lowest BCUT2D eigenvalue weighted by Gasteiger charge is -2.08. The number of carbonyl (C=O) groups excluding carboxylic acids is 2. The maximum atomic E-state index is 13.6. The molecular formula is C19H19FN2O2. The van der Waals surface area contributed by atoms with Gasteiger partial charge in [0.05, 0.1) is 0 Å². The van der Waals surface area contributed by atoms with Gasteiger partial charge in [-0.3, -0.25) is 9.59 Å². The molecule has 0 saturated heterocycles. The van der Waals surface area contributed by atoms with Crippen LogP contribution in [0, 0.1) is 12.7 Å². The van der Waals surface area contributed by atoms with Crippen molar-refractivity contribution in [1.82, 2.24) is 5.32 Å². The first-order chi connectivity index (χ1) is 11.5. The molecule has 0 saturated carbocycles. The van der Waals surface area contributed by atoms with Crippen LogP contribution in [0.2, 0.25) is 0 Å². The summed E-state index contributed by atoms with van der Waals surface area (Å²) in [5, 5.41) is 5.36. The van der Waals surface area contributed by atoms with Crippen molar-refractivity contribution in [2.45, 2.75) is 13.3 Å². The van der Waals surface area contributed by atoms with Crippen LogP contribution in [0.3, 0.4) is 0 Å². The van der Waals surface area contributed by atoms with E-state index in [-0.39, 0.29) is 17.6 Å². The number of hydrogen-bond donors (Lipinski definition) is 2. The van der Waals surface area contributed by atoms with E-state index < -0.39 is 0 Å². The first-order valence-electron chi connectivity index (χ1n) is 7.56. The van der Waals surface area contributed by atoms with Crippen LogP contribution in [0.1, 0.15) is 21.5 Å². The van der Waals surface area contributed by atoms with Crippen molar-refractivity contribution >= 4 is 17.5 Å². The van der Waals surface area contributed by atoms with Gasteiger partial charge >= 0.3 is 0 Å². The summed E-state index contributed by atoms with van der Waals surface area (Å²) in [6.45, 7) is 5.61. The Kier molecular flexibility index (Phi) is 5.84. The zero-order valence-electron chi connectivity index (χ0n) is 13.4. The highest BCUT2D eigenvalue weighted by Crippen LogP contribution is 2.11. The first kappa shape index (κ1) is 17.4. The van der Waals surface area contributed by atoms with E-state index in [0.29, 0.717) is 29.8 Å².